The normalized spacial score (nSPS) is 11.4. The summed E-state index contributed by atoms with van der Waals surface area (Å²) in [6.45, 7) is 2.16. The Labute approximate surface area is 73.6 Å². The van der Waals surface area contributed by atoms with Gasteiger partial charge in [-0.05, 0) is 12.8 Å². The van der Waals surface area contributed by atoms with Crippen LogP contribution < -0.4 is 0 Å². The number of carboxylic acid groups (broad SMARTS) is 1. The summed E-state index contributed by atoms with van der Waals surface area (Å²) in [6, 6.07) is 0. The highest BCUT2D eigenvalue weighted by molar-refractivity contribution is 5.80. The first kappa shape index (κ1) is 11.0. The van der Waals surface area contributed by atoms with Crippen LogP contribution in [0.2, 0.25) is 0 Å². The highest BCUT2D eigenvalue weighted by Crippen LogP contribution is 1.99. The van der Waals surface area contributed by atoms with Crippen molar-refractivity contribution in [2.75, 3.05) is 0 Å². The lowest BCUT2D eigenvalue weighted by atomic mass is 10.2. The Kier molecular flexibility index (Phi) is 7.35. The number of carbonyl (C=O) groups is 1. The van der Waals surface area contributed by atoms with Crippen molar-refractivity contribution in [2.24, 2.45) is 0 Å². The van der Waals surface area contributed by atoms with Crippen LogP contribution >= 0.6 is 0 Å². The van der Waals surface area contributed by atoms with Gasteiger partial charge in [0.1, 0.15) is 0 Å². The van der Waals surface area contributed by atoms with Crippen LogP contribution in [0, 0.1) is 0 Å². The summed E-state index contributed by atoms with van der Waals surface area (Å²) >= 11 is 0. The average molecular weight is 168 g/mol. The third-order valence-corrected chi connectivity index (χ3v) is 1.46. The van der Waals surface area contributed by atoms with Gasteiger partial charge in [-0.3, -0.25) is 0 Å². The van der Waals surface area contributed by atoms with Gasteiger partial charge in [0.15, 0.2) is 0 Å². The van der Waals surface area contributed by atoms with E-state index in [0.29, 0.717) is 0 Å². The zero-order valence-electron chi connectivity index (χ0n) is 7.49. The molecular weight excluding hydrogens is 152 g/mol. The molecule has 68 valence electrons. The number of hydrogen-bond acceptors (Lipinski definition) is 1. The molecule has 0 saturated heterocycles. The van der Waals surface area contributed by atoms with Crippen molar-refractivity contribution in [1.82, 2.24) is 0 Å². The second-order valence-corrected chi connectivity index (χ2v) is 2.62. The molecule has 0 bridgehead atoms. The number of carboxylic acids is 1. The van der Waals surface area contributed by atoms with E-state index in [2.05, 4.69) is 6.92 Å². The Morgan fingerprint density at radius 3 is 2.67 bits per heavy atom. The van der Waals surface area contributed by atoms with Gasteiger partial charge in [0, 0.05) is 6.08 Å². The van der Waals surface area contributed by atoms with Crippen molar-refractivity contribution in [3.63, 3.8) is 0 Å². The molecule has 0 radical (unpaired) electrons. The summed E-state index contributed by atoms with van der Waals surface area (Å²) < 4.78 is 0. The Morgan fingerprint density at radius 2 is 2.08 bits per heavy atom. The van der Waals surface area contributed by atoms with Crippen molar-refractivity contribution in [2.45, 2.75) is 32.6 Å². The van der Waals surface area contributed by atoms with Crippen molar-refractivity contribution in [1.29, 1.82) is 0 Å². The maximum Gasteiger partial charge on any atom is 0.328 e. The number of aliphatic carboxylic acids is 1. The Morgan fingerprint density at radius 1 is 1.33 bits per heavy atom. The zero-order chi connectivity index (χ0) is 9.23. The second-order valence-electron chi connectivity index (χ2n) is 2.62. The van der Waals surface area contributed by atoms with Crippen LogP contribution in [0.4, 0.5) is 0 Å². The van der Waals surface area contributed by atoms with E-state index in [4.69, 9.17) is 5.11 Å². The predicted octanol–water partition coefficient (Wildman–Crippen LogP) is 2.76. The van der Waals surface area contributed by atoms with Crippen LogP contribution in [0.3, 0.4) is 0 Å². The van der Waals surface area contributed by atoms with Gasteiger partial charge in [-0.25, -0.2) is 4.79 Å². The monoisotopic (exact) mass is 168 g/mol. The number of hydrogen-bond donors (Lipinski definition) is 1. The lowest BCUT2D eigenvalue weighted by Crippen LogP contribution is -1.84. The highest BCUT2D eigenvalue weighted by atomic mass is 16.4. The van der Waals surface area contributed by atoms with E-state index >= 15 is 0 Å². The van der Waals surface area contributed by atoms with Crippen LogP contribution in [0.25, 0.3) is 0 Å². The minimum atomic E-state index is -0.895. The van der Waals surface area contributed by atoms with Gasteiger partial charge in [0.2, 0.25) is 0 Å². The van der Waals surface area contributed by atoms with Crippen molar-refractivity contribution in [3.05, 3.63) is 24.3 Å². The van der Waals surface area contributed by atoms with E-state index in [1.54, 1.807) is 12.2 Å². The standard InChI is InChI=1S/C10H16O2/c1-2-3-4-5-6-7-8-9-10(11)12/h6-9H,2-5H2,1H3,(H,11,12)/b7-6+,9-8+. The van der Waals surface area contributed by atoms with Gasteiger partial charge >= 0.3 is 5.97 Å². The summed E-state index contributed by atoms with van der Waals surface area (Å²) in [5.41, 5.74) is 0. The molecule has 0 spiro atoms. The topological polar surface area (TPSA) is 37.3 Å². The molecule has 0 rings (SSSR count). The summed E-state index contributed by atoms with van der Waals surface area (Å²) in [7, 11) is 0. The van der Waals surface area contributed by atoms with Gasteiger partial charge in [0.25, 0.3) is 0 Å². The molecule has 0 amide bonds. The molecule has 0 atom stereocenters. The molecule has 0 aliphatic carbocycles. The Balaban J connectivity index is 3.31. The third kappa shape index (κ3) is 8.95. The maximum absolute atomic E-state index is 10.0. The smallest absolute Gasteiger partial charge is 0.328 e. The molecule has 0 aromatic heterocycles. The molecule has 12 heavy (non-hydrogen) atoms. The number of unbranched alkanes of at least 4 members (excludes halogenated alkanes) is 3. The summed E-state index contributed by atoms with van der Waals surface area (Å²) in [4.78, 5) is 10.0. The molecule has 0 aromatic carbocycles. The van der Waals surface area contributed by atoms with E-state index in [9.17, 15) is 4.79 Å². The van der Waals surface area contributed by atoms with Crippen molar-refractivity contribution < 1.29 is 9.90 Å². The third-order valence-electron chi connectivity index (χ3n) is 1.46. The minimum Gasteiger partial charge on any atom is -0.478 e. The molecule has 0 aliphatic heterocycles. The molecule has 0 saturated carbocycles. The van der Waals surface area contributed by atoms with Gasteiger partial charge < -0.3 is 5.11 Å². The second kappa shape index (κ2) is 8.05. The van der Waals surface area contributed by atoms with Gasteiger partial charge in [-0.1, -0.05) is 38.0 Å². The van der Waals surface area contributed by atoms with Crippen molar-refractivity contribution in [3.8, 4) is 0 Å². The molecule has 0 aromatic rings. The fraction of sp³-hybridized carbons (Fsp3) is 0.500. The van der Waals surface area contributed by atoms with Crippen LogP contribution in [0.1, 0.15) is 32.6 Å². The van der Waals surface area contributed by atoms with Gasteiger partial charge in [-0.15, -0.1) is 0 Å². The van der Waals surface area contributed by atoms with Gasteiger partial charge in [0.05, 0.1) is 0 Å². The first-order valence-electron chi connectivity index (χ1n) is 4.33. The molecular formula is C10H16O2. The first-order valence-corrected chi connectivity index (χ1v) is 4.33. The SMILES string of the molecule is CCCCC/C=C/C=C/C(=O)O. The predicted molar refractivity (Wildman–Crippen MR) is 50.1 cm³/mol. The summed E-state index contributed by atoms with van der Waals surface area (Å²) in [5, 5.41) is 8.23. The van der Waals surface area contributed by atoms with E-state index in [0.717, 1.165) is 12.5 Å². The van der Waals surface area contributed by atoms with Crippen LogP contribution in [-0.2, 0) is 4.79 Å². The lowest BCUT2D eigenvalue weighted by molar-refractivity contribution is -0.131. The molecule has 2 heteroatoms. The lowest BCUT2D eigenvalue weighted by Gasteiger charge is -1.89. The molecule has 0 aliphatic rings. The fourth-order valence-electron chi connectivity index (χ4n) is 0.825. The summed E-state index contributed by atoms with van der Waals surface area (Å²) in [5.74, 6) is -0.895. The molecule has 2 nitrogen and oxygen atoms in total. The highest BCUT2D eigenvalue weighted by Gasteiger charge is 1.82. The molecule has 0 fully saturated rings. The van der Waals surface area contributed by atoms with Crippen molar-refractivity contribution >= 4 is 5.97 Å². The Hall–Kier alpha value is -1.05. The quantitative estimate of drug-likeness (QED) is 0.376. The van der Waals surface area contributed by atoms with E-state index < -0.39 is 5.97 Å². The largest absolute Gasteiger partial charge is 0.478 e. The fourth-order valence-corrected chi connectivity index (χ4v) is 0.825. The zero-order valence-corrected chi connectivity index (χ0v) is 7.49. The van der Waals surface area contributed by atoms with Crippen LogP contribution in [-0.4, -0.2) is 11.1 Å². The number of allylic oxidation sites excluding steroid dienone is 3. The van der Waals surface area contributed by atoms with Crippen LogP contribution in [0.15, 0.2) is 24.3 Å². The van der Waals surface area contributed by atoms with Crippen LogP contribution in [0.5, 0.6) is 0 Å². The molecule has 0 heterocycles. The average Bonchev–Trinajstić information content (AvgIpc) is 2.02. The van der Waals surface area contributed by atoms with E-state index in [1.807, 2.05) is 6.08 Å². The number of rotatable bonds is 6. The minimum absolute atomic E-state index is 0.895. The van der Waals surface area contributed by atoms with E-state index in [-0.39, 0.29) is 0 Å². The maximum atomic E-state index is 10.0. The molecule has 1 N–H and O–H groups in total. The van der Waals surface area contributed by atoms with Gasteiger partial charge in [-0.2, -0.15) is 0 Å². The van der Waals surface area contributed by atoms with E-state index in [1.165, 1.54) is 19.3 Å². The molecule has 0 unspecified atom stereocenters. The Bertz CT molecular complexity index is 169. The summed E-state index contributed by atoms with van der Waals surface area (Å²) in [6.07, 6.45) is 11.2. The first-order chi connectivity index (χ1) is 5.77.